The lowest BCUT2D eigenvalue weighted by molar-refractivity contribution is 0.0695. The van der Waals surface area contributed by atoms with Gasteiger partial charge in [-0.3, -0.25) is 9.36 Å². The van der Waals surface area contributed by atoms with Crippen molar-refractivity contribution in [3.63, 3.8) is 0 Å². The van der Waals surface area contributed by atoms with Crippen LogP contribution in [0.25, 0.3) is 11.1 Å². The van der Waals surface area contributed by atoms with Gasteiger partial charge in [-0.2, -0.15) is 0 Å². The standard InChI is InChI=1S/C14H13BrN2O3/c1-7-3-4-8(15)5-9(7)10-6-11(16)17(2)13(18)12(10)14(19)20/h3-6H,16H2,1-2H3,(H,19,20). The number of halogens is 1. The minimum absolute atomic E-state index is 0.217. The number of nitrogen functional groups attached to an aromatic ring is 1. The van der Waals surface area contributed by atoms with Gasteiger partial charge in [0.2, 0.25) is 0 Å². The van der Waals surface area contributed by atoms with E-state index in [-0.39, 0.29) is 11.4 Å². The number of carboxylic acids is 1. The number of anilines is 1. The van der Waals surface area contributed by atoms with E-state index < -0.39 is 11.5 Å². The van der Waals surface area contributed by atoms with E-state index >= 15 is 0 Å². The van der Waals surface area contributed by atoms with Crippen molar-refractivity contribution in [2.24, 2.45) is 7.05 Å². The summed E-state index contributed by atoms with van der Waals surface area (Å²) in [5.41, 5.74) is 6.74. The molecule has 1 aromatic heterocycles. The number of aromatic carboxylic acids is 1. The average Bonchev–Trinajstić information content (AvgIpc) is 2.38. The number of pyridine rings is 1. The Morgan fingerprint density at radius 1 is 1.30 bits per heavy atom. The van der Waals surface area contributed by atoms with Crippen LogP contribution in [0.15, 0.2) is 33.5 Å². The van der Waals surface area contributed by atoms with Gasteiger partial charge in [-0.25, -0.2) is 4.79 Å². The topological polar surface area (TPSA) is 85.3 Å². The number of carboxylic acid groups (broad SMARTS) is 1. The quantitative estimate of drug-likeness (QED) is 0.881. The third-order valence-electron chi connectivity index (χ3n) is 3.17. The Morgan fingerprint density at radius 3 is 2.55 bits per heavy atom. The SMILES string of the molecule is Cc1ccc(Br)cc1-c1cc(N)n(C)c(=O)c1C(=O)O. The molecule has 5 nitrogen and oxygen atoms in total. The minimum atomic E-state index is -1.26. The van der Waals surface area contributed by atoms with Crippen LogP contribution in [0.5, 0.6) is 0 Å². The van der Waals surface area contributed by atoms with Crippen LogP contribution in [0.3, 0.4) is 0 Å². The predicted octanol–water partition coefficient (Wildman–Crippen LogP) is 2.40. The van der Waals surface area contributed by atoms with Gasteiger partial charge in [0.1, 0.15) is 11.4 Å². The van der Waals surface area contributed by atoms with E-state index in [1.807, 2.05) is 19.1 Å². The lowest BCUT2D eigenvalue weighted by atomic mass is 9.97. The maximum atomic E-state index is 12.1. The van der Waals surface area contributed by atoms with Crippen LogP contribution in [0.4, 0.5) is 5.82 Å². The molecule has 2 aromatic rings. The molecule has 0 bridgehead atoms. The summed E-state index contributed by atoms with van der Waals surface area (Å²) in [6.45, 7) is 1.85. The number of nitrogens with two attached hydrogens (primary N) is 1. The molecule has 1 aromatic carbocycles. The molecule has 0 aliphatic carbocycles. The van der Waals surface area contributed by atoms with Crippen molar-refractivity contribution in [1.82, 2.24) is 4.57 Å². The van der Waals surface area contributed by atoms with Crippen molar-refractivity contribution in [3.05, 3.63) is 50.2 Å². The number of nitrogens with zero attached hydrogens (tertiary/aromatic N) is 1. The number of hydrogen-bond donors (Lipinski definition) is 2. The number of hydrogen-bond acceptors (Lipinski definition) is 3. The number of carbonyl (C=O) groups is 1. The fourth-order valence-electron chi connectivity index (χ4n) is 2.02. The lowest BCUT2D eigenvalue weighted by Crippen LogP contribution is -2.27. The molecule has 0 saturated carbocycles. The largest absolute Gasteiger partial charge is 0.477 e. The van der Waals surface area contributed by atoms with Crippen molar-refractivity contribution in [2.75, 3.05) is 5.73 Å². The number of aryl methyl sites for hydroxylation is 1. The van der Waals surface area contributed by atoms with Gasteiger partial charge in [-0.15, -0.1) is 0 Å². The first-order valence-corrected chi connectivity index (χ1v) is 6.61. The molecule has 20 heavy (non-hydrogen) atoms. The van der Waals surface area contributed by atoms with E-state index in [1.165, 1.54) is 13.1 Å². The van der Waals surface area contributed by atoms with Crippen LogP contribution < -0.4 is 11.3 Å². The summed E-state index contributed by atoms with van der Waals surface area (Å²) in [5.74, 6) is -1.05. The summed E-state index contributed by atoms with van der Waals surface area (Å²) >= 11 is 3.34. The molecule has 0 unspecified atom stereocenters. The highest BCUT2D eigenvalue weighted by molar-refractivity contribution is 9.10. The molecule has 0 amide bonds. The van der Waals surface area contributed by atoms with Gasteiger partial charge < -0.3 is 10.8 Å². The predicted molar refractivity (Wildman–Crippen MR) is 80.9 cm³/mol. The van der Waals surface area contributed by atoms with Gasteiger partial charge in [-0.05, 0) is 36.2 Å². The molecule has 0 aliphatic heterocycles. The molecule has 0 spiro atoms. The Bertz CT molecular complexity index is 766. The summed E-state index contributed by atoms with van der Waals surface area (Å²) in [5, 5.41) is 9.32. The van der Waals surface area contributed by atoms with Gasteiger partial charge in [-0.1, -0.05) is 22.0 Å². The zero-order chi connectivity index (χ0) is 15.0. The van der Waals surface area contributed by atoms with Crippen LogP contribution >= 0.6 is 15.9 Å². The molecule has 0 atom stereocenters. The third-order valence-corrected chi connectivity index (χ3v) is 3.66. The Morgan fingerprint density at radius 2 is 1.95 bits per heavy atom. The molecular weight excluding hydrogens is 324 g/mol. The number of benzene rings is 1. The summed E-state index contributed by atoms with van der Waals surface area (Å²) < 4.78 is 1.92. The van der Waals surface area contributed by atoms with Crippen LogP contribution in [-0.2, 0) is 7.05 Å². The summed E-state index contributed by atoms with van der Waals surface area (Å²) in [7, 11) is 1.45. The van der Waals surface area contributed by atoms with Gasteiger partial charge in [0.25, 0.3) is 5.56 Å². The Kier molecular flexibility index (Phi) is 3.67. The monoisotopic (exact) mass is 336 g/mol. The Balaban J connectivity index is 2.90. The fraction of sp³-hybridized carbons (Fsp3) is 0.143. The van der Waals surface area contributed by atoms with Crippen molar-refractivity contribution in [2.45, 2.75) is 6.92 Å². The van der Waals surface area contributed by atoms with Gasteiger partial charge in [0, 0.05) is 17.1 Å². The van der Waals surface area contributed by atoms with Crippen LogP contribution in [0.1, 0.15) is 15.9 Å². The number of rotatable bonds is 2. The first-order valence-electron chi connectivity index (χ1n) is 5.82. The van der Waals surface area contributed by atoms with Gasteiger partial charge in [0.15, 0.2) is 0 Å². The maximum absolute atomic E-state index is 12.1. The summed E-state index contributed by atoms with van der Waals surface area (Å²) in [4.78, 5) is 23.5. The Labute approximate surface area is 123 Å². The van der Waals surface area contributed by atoms with E-state index in [1.54, 1.807) is 6.07 Å². The second kappa shape index (κ2) is 5.13. The van der Waals surface area contributed by atoms with Crippen molar-refractivity contribution in [3.8, 4) is 11.1 Å². The highest BCUT2D eigenvalue weighted by Gasteiger charge is 2.20. The molecule has 6 heteroatoms. The van der Waals surface area contributed by atoms with Crippen LogP contribution in [0.2, 0.25) is 0 Å². The average molecular weight is 337 g/mol. The molecule has 0 radical (unpaired) electrons. The molecule has 104 valence electrons. The number of aromatic nitrogens is 1. The fourth-order valence-corrected chi connectivity index (χ4v) is 2.38. The highest BCUT2D eigenvalue weighted by Crippen LogP contribution is 2.29. The van der Waals surface area contributed by atoms with E-state index in [9.17, 15) is 14.7 Å². The van der Waals surface area contributed by atoms with Crippen molar-refractivity contribution < 1.29 is 9.90 Å². The van der Waals surface area contributed by atoms with E-state index in [2.05, 4.69) is 15.9 Å². The van der Waals surface area contributed by atoms with Crippen molar-refractivity contribution >= 4 is 27.7 Å². The van der Waals surface area contributed by atoms with Crippen molar-refractivity contribution in [1.29, 1.82) is 0 Å². The lowest BCUT2D eigenvalue weighted by Gasteiger charge is -2.13. The van der Waals surface area contributed by atoms with E-state index in [4.69, 9.17) is 5.73 Å². The van der Waals surface area contributed by atoms with E-state index in [0.29, 0.717) is 11.1 Å². The second-order valence-corrected chi connectivity index (χ2v) is 5.40. The zero-order valence-electron chi connectivity index (χ0n) is 11.0. The molecule has 1 heterocycles. The molecule has 0 aliphatic rings. The third kappa shape index (κ3) is 2.34. The first kappa shape index (κ1) is 14.3. The second-order valence-electron chi connectivity index (χ2n) is 4.49. The van der Waals surface area contributed by atoms with Gasteiger partial charge >= 0.3 is 5.97 Å². The smallest absolute Gasteiger partial charge is 0.341 e. The highest BCUT2D eigenvalue weighted by atomic mass is 79.9. The normalized spacial score (nSPS) is 10.6. The molecule has 0 saturated heterocycles. The molecule has 0 fully saturated rings. The summed E-state index contributed by atoms with van der Waals surface area (Å²) in [6, 6.07) is 6.98. The van der Waals surface area contributed by atoms with E-state index in [0.717, 1.165) is 14.6 Å². The Hall–Kier alpha value is -2.08. The summed E-state index contributed by atoms with van der Waals surface area (Å²) in [6.07, 6.45) is 0. The van der Waals surface area contributed by atoms with Crippen LogP contribution in [-0.4, -0.2) is 15.6 Å². The maximum Gasteiger partial charge on any atom is 0.341 e. The minimum Gasteiger partial charge on any atom is -0.477 e. The van der Waals surface area contributed by atoms with Crippen LogP contribution in [0, 0.1) is 6.92 Å². The molecule has 2 rings (SSSR count). The molecular formula is C14H13BrN2O3. The molecule has 3 N–H and O–H groups in total. The first-order chi connectivity index (χ1) is 9.32. The zero-order valence-corrected chi connectivity index (χ0v) is 12.6. The van der Waals surface area contributed by atoms with Gasteiger partial charge in [0.05, 0.1) is 0 Å².